The molecule has 0 spiro atoms. The number of sulfonamides is 1. The number of anilines is 1. The largest absolute Gasteiger partial charge is 0.366 e. The lowest BCUT2D eigenvalue weighted by Gasteiger charge is -2.28. The number of carbonyl (C=O) groups excluding carboxylic acids is 1. The molecule has 0 saturated carbocycles. The summed E-state index contributed by atoms with van der Waals surface area (Å²) >= 11 is 0. The fourth-order valence-corrected chi connectivity index (χ4v) is 3.92. The van der Waals surface area contributed by atoms with Crippen molar-refractivity contribution in [3.8, 4) is 0 Å². The van der Waals surface area contributed by atoms with E-state index >= 15 is 0 Å². The van der Waals surface area contributed by atoms with Gasteiger partial charge in [0.1, 0.15) is 5.82 Å². The molecule has 21 heavy (non-hydrogen) atoms. The summed E-state index contributed by atoms with van der Waals surface area (Å²) < 4.78 is 28.5. The van der Waals surface area contributed by atoms with Crippen LogP contribution in [-0.2, 0) is 16.6 Å². The van der Waals surface area contributed by atoms with Gasteiger partial charge < -0.3 is 5.73 Å². The first-order valence-electron chi connectivity index (χ1n) is 6.44. The Kier molecular flexibility index (Phi) is 3.17. The average molecular weight is 306 g/mol. The Morgan fingerprint density at radius 1 is 1.24 bits per heavy atom. The predicted octanol–water partition coefficient (Wildman–Crippen LogP) is 0.581. The number of fused-ring (bicyclic) bond motifs is 1. The van der Waals surface area contributed by atoms with E-state index in [-0.39, 0.29) is 10.5 Å². The molecule has 3 rings (SSSR count). The van der Waals surface area contributed by atoms with Gasteiger partial charge in [0.2, 0.25) is 5.91 Å². The summed E-state index contributed by atoms with van der Waals surface area (Å²) in [6, 6.07) is 7.41. The number of hydrogen-bond acceptors (Lipinski definition) is 4. The Labute approximate surface area is 122 Å². The maximum absolute atomic E-state index is 12.8. The van der Waals surface area contributed by atoms with Gasteiger partial charge in [-0.15, -0.1) is 0 Å². The summed E-state index contributed by atoms with van der Waals surface area (Å²) in [5.74, 6) is -0.124. The zero-order valence-corrected chi connectivity index (χ0v) is 12.0. The van der Waals surface area contributed by atoms with Gasteiger partial charge in [-0.05, 0) is 24.6 Å². The van der Waals surface area contributed by atoms with Gasteiger partial charge in [0.15, 0.2) is 0 Å². The van der Waals surface area contributed by atoms with Crippen LogP contribution in [0.1, 0.15) is 16.8 Å². The number of rotatable bonds is 3. The molecular weight excluding hydrogens is 292 g/mol. The molecule has 0 bridgehead atoms. The van der Waals surface area contributed by atoms with Crippen molar-refractivity contribution >= 4 is 21.7 Å². The molecule has 0 aliphatic carbocycles. The molecule has 2 aromatic rings. The maximum atomic E-state index is 12.8. The number of benzene rings is 1. The van der Waals surface area contributed by atoms with Gasteiger partial charge in [0.05, 0.1) is 11.1 Å². The van der Waals surface area contributed by atoms with E-state index in [1.165, 1.54) is 28.6 Å². The molecule has 0 radical (unpaired) electrons. The number of amides is 1. The zero-order chi connectivity index (χ0) is 15.0. The molecule has 1 aliphatic heterocycles. The van der Waals surface area contributed by atoms with Crippen molar-refractivity contribution in [2.75, 3.05) is 10.8 Å². The molecular formula is C13H14N4O3S. The van der Waals surface area contributed by atoms with Crippen LogP contribution in [0.2, 0.25) is 0 Å². The quantitative estimate of drug-likeness (QED) is 0.896. The molecule has 1 amide bonds. The second-order valence-corrected chi connectivity index (χ2v) is 6.60. The van der Waals surface area contributed by atoms with Crippen molar-refractivity contribution in [1.82, 2.24) is 9.78 Å². The minimum absolute atomic E-state index is 0.0495. The summed E-state index contributed by atoms with van der Waals surface area (Å²) in [6.07, 6.45) is 2.26. The van der Waals surface area contributed by atoms with Crippen molar-refractivity contribution in [2.24, 2.45) is 5.73 Å². The Hall–Kier alpha value is -2.35. The second-order valence-electron chi connectivity index (χ2n) is 4.74. The van der Waals surface area contributed by atoms with Crippen LogP contribution in [-0.4, -0.2) is 30.7 Å². The van der Waals surface area contributed by atoms with Crippen LogP contribution in [0.5, 0.6) is 0 Å². The number of aromatic nitrogens is 2. The van der Waals surface area contributed by atoms with E-state index in [1.807, 2.05) is 0 Å². The average Bonchev–Trinajstić information content (AvgIpc) is 2.95. The molecule has 1 aromatic heterocycles. The van der Waals surface area contributed by atoms with Gasteiger partial charge in [0, 0.05) is 24.7 Å². The van der Waals surface area contributed by atoms with Crippen LogP contribution in [0, 0.1) is 0 Å². The third kappa shape index (κ3) is 2.27. The Morgan fingerprint density at radius 3 is 2.81 bits per heavy atom. The summed E-state index contributed by atoms with van der Waals surface area (Å²) in [5.41, 5.74) is 5.37. The van der Waals surface area contributed by atoms with E-state index in [9.17, 15) is 13.2 Å². The molecule has 0 fully saturated rings. The molecule has 0 unspecified atom stereocenters. The van der Waals surface area contributed by atoms with Gasteiger partial charge in [0.25, 0.3) is 10.0 Å². The molecule has 8 heteroatoms. The van der Waals surface area contributed by atoms with E-state index in [2.05, 4.69) is 5.10 Å². The SMILES string of the molecule is NC(=O)c1cccc(S(=O)(=O)N2CCCn3nccc32)c1. The Morgan fingerprint density at radius 2 is 2.05 bits per heavy atom. The van der Waals surface area contributed by atoms with Gasteiger partial charge in [-0.2, -0.15) is 5.10 Å². The van der Waals surface area contributed by atoms with Crippen LogP contribution in [0.15, 0.2) is 41.4 Å². The molecule has 0 atom stereocenters. The smallest absolute Gasteiger partial charge is 0.265 e. The maximum Gasteiger partial charge on any atom is 0.265 e. The number of hydrogen-bond donors (Lipinski definition) is 1. The van der Waals surface area contributed by atoms with E-state index in [0.717, 1.165) is 0 Å². The molecule has 2 heterocycles. The third-order valence-electron chi connectivity index (χ3n) is 3.39. The minimum atomic E-state index is -3.74. The van der Waals surface area contributed by atoms with Crippen LogP contribution in [0.4, 0.5) is 5.82 Å². The van der Waals surface area contributed by atoms with Crippen LogP contribution >= 0.6 is 0 Å². The van der Waals surface area contributed by atoms with Gasteiger partial charge in [-0.3, -0.25) is 4.79 Å². The molecule has 1 aliphatic rings. The summed E-state index contributed by atoms with van der Waals surface area (Å²) in [7, 11) is -3.74. The van der Waals surface area contributed by atoms with Crippen molar-refractivity contribution in [3.63, 3.8) is 0 Å². The topological polar surface area (TPSA) is 98.3 Å². The first-order chi connectivity index (χ1) is 10.00. The number of nitrogens with two attached hydrogens (primary N) is 1. The number of carbonyl (C=O) groups is 1. The standard InChI is InChI=1S/C13H14N4O3S/c14-13(18)10-3-1-4-11(9-10)21(19,20)17-8-2-7-16-12(17)5-6-15-16/h1,3-6,9H,2,7-8H2,(H2,14,18). The third-order valence-corrected chi connectivity index (χ3v) is 5.19. The highest BCUT2D eigenvalue weighted by Crippen LogP contribution is 2.27. The Bertz CT molecular complexity index is 797. The lowest BCUT2D eigenvalue weighted by atomic mass is 10.2. The van der Waals surface area contributed by atoms with Gasteiger partial charge >= 0.3 is 0 Å². The zero-order valence-electron chi connectivity index (χ0n) is 11.1. The fourth-order valence-electron chi connectivity index (χ4n) is 2.37. The van der Waals surface area contributed by atoms with E-state index in [4.69, 9.17) is 5.73 Å². The predicted molar refractivity (Wildman–Crippen MR) is 76.3 cm³/mol. The van der Waals surface area contributed by atoms with Crippen molar-refractivity contribution < 1.29 is 13.2 Å². The summed E-state index contributed by atoms with van der Waals surface area (Å²) in [6.45, 7) is 1.07. The first-order valence-corrected chi connectivity index (χ1v) is 7.88. The summed E-state index contributed by atoms with van der Waals surface area (Å²) in [4.78, 5) is 11.3. The van der Waals surface area contributed by atoms with Crippen molar-refractivity contribution in [2.45, 2.75) is 17.9 Å². The van der Waals surface area contributed by atoms with E-state index in [0.29, 0.717) is 25.3 Å². The molecule has 2 N–H and O–H groups in total. The van der Waals surface area contributed by atoms with Crippen LogP contribution < -0.4 is 10.0 Å². The molecule has 1 aromatic carbocycles. The van der Waals surface area contributed by atoms with Crippen LogP contribution in [0.25, 0.3) is 0 Å². The number of nitrogens with zero attached hydrogens (tertiary/aromatic N) is 3. The monoisotopic (exact) mass is 306 g/mol. The number of aryl methyl sites for hydroxylation is 1. The Balaban J connectivity index is 2.06. The van der Waals surface area contributed by atoms with Crippen molar-refractivity contribution in [1.29, 1.82) is 0 Å². The minimum Gasteiger partial charge on any atom is -0.366 e. The van der Waals surface area contributed by atoms with E-state index < -0.39 is 15.9 Å². The lowest BCUT2D eigenvalue weighted by molar-refractivity contribution is 0.1000. The first kappa shape index (κ1) is 13.6. The highest BCUT2D eigenvalue weighted by molar-refractivity contribution is 7.92. The van der Waals surface area contributed by atoms with Crippen molar-refractivity contribution in [3.05, 3.63) is 42.1 Å². The van der Waals surface area contributed by atoms with E-state index in [1.54, 1.807) is 16.9 Å². The normalized spacial score (nSPS) is 14.8. The lowest BCUT2D eigenvalue weighted by Crippen LogP contribution is -2.37. The highest BCUT2D eigenvalue weighted by Gasteiger charge is 2.30. The fraction of sp³-hybridized carbons (Fsp3) is 0.231. The highest BCUT2D eigenvalue weighted by atomic mass is 32.2. The number of primary amides is 1. The molecule has 0 saturated heterocycles. The van der Waals surface area contributed by atoms with Crippen LogP contribution in [0.3, 0.4) is 0 Å². The molecule has 7 nitrogen and oxygen atoms in total. The van der Waals surface area contributed by atoms with Gasteiger partial charge in [-0.1, -0.05) is 6.07 Å². The molecule has 110 valence electrons. The second kappa shape index (κ2) is 4.88. The van der Waals surface area contributed by atoms with Gasteiger partial charge in [-0.25, -0.2) is 17.4 Å². The summed E-state index contributed by atoms with van der Waals surface area (Å²) in [5, 5.41) is 4.10.